The third-order valence-electron chi connectivity index (χ3n) is 6.19. The van der Waals surface area contributed by atoms with Gasteiger partial charge in [-0.05, 0) is 61.9 Å². The van der Waals surface area contributed by atoms with Crippen molar-refractivity contribution in [3.05, 3.63) is 58.6 Å². The Labute approximate surface area is 199 Å². The number of carbonyl (C=O) groups is 2. The van der Waals surface area contributed by atoms with E-state index in [-0.39, 0.29) is 27.3 Å². The number of nitrogens with zero attached hydrogens (tertiary/aromatic N) is 2. The van der Waals surface area contributed by atoms with Crippen LogP contribution in [0.3, 0.4) is 0 Å². The number of esters is 1. The minimum atomic E-state index is -3.85. The molecule has 2 aliphatic heterocycles. The van der Waals surface area contributed by atoms with Gasteiger partial charge in [-0.3, -0.25) is 4.79 Å². The van der Waals surface area contributed by atoms with Crippen molar-refractivity contribution in [2.24, 2.45) is 5.92 Å². The lowest BCUT2D eigenvalue weighted by molar-refractivity contribution is -0.126. The van der Waals surface area contributed by atoms with Crippen LogP contribution >= 0.6 is 11.6 Å². The topological polar surface area (TPSA) is 84.0 Å². The summed E-state index contributed by atoms with van der Waals surface area (Å²) in [6.45, 7) is 4.88. The molecule has 0 bridgehead atoms. The second kappa shape index (κ2) is 9.44. The molecule has 0 unspecified atom stereocenters. The molecule has 0 aliphatic carbocycles. The first-order valence-electron chi connectivity index (χ1n) is 11.1. The van der Waals surface area contributed by atoms with Crippen LogP contribution in [-0.4, -0.2) is 50.3 Å². The summed E-state index contributed by atoms with van der Waals surface area (Å²) in [5.41, 5.74) is 1.93. The van der Waals surface area contributed by atoms with E-state index in [2.05, 4.69) is 0 Å². The highest BCUT2D eigenvalue weighted by molar-refractivity contribution is 7.89. The quantitative estimate of drug-likeness (QED) is 0.593. The van der Waals surface area contributed by atoms with Crippen molar-refractivity contribution in [2.75, 3.05) is 24.5 Å². The monoisotopic (exact) mass is 490 g/mol. The summed E-state index contributed by atoms with van der Waals surface area (Å²) in [5, 5.41) is 0.0441. The third-order valence-corrected chi connectivity index (χ3v) is 8.54. The van der Waals surface area contributed by atoms with Gasteiger partial charge >= 0.3 is 5.97 Å². The van der Waals surface area contributed by atoms with Crippen LogP contribution in [0.4, 0.5) is 5.69 Å². The Balaban J connectivity index is 1.50. The van der Waals surface area contributed by atoms with Crippen LogP contribution < -0.4 is 4.90 Å². The minimum absolute atomic E-state index is 0.0319. The van der Waals surface area contributed by atoms with Gasteiger partial charge in [0, 0.05) is 25.3 Å². The van der Waals surface area contributed by atoms with Crippen LogP contribution in [0.1, 0.15) is 42.6 Å². The summed E-state index contributed by atoms with van der Waals surface area (Å²) in [6, 6.07) is 11.6. The maximum atomic E-state index is 13.2. The molecule has 2 heterocycles. The number of carbonyl (C=O) groups excluding carboxylic acids is 2. The van der Waals surface area contributed by atoms with Crippen molar-refractivity contribution in [2.45, 2.75) is 44.1 Å². The molecule has 0 saturated carbocycles. The number of rotatable bonds is 5. The van der Waals surface area contributed by atoms with Gasteiger partial charge in [-0.25, -0.2) is 13.2 Å². The lowest BCUT2D eigenvalue weighted by Crippen LogP contribution is -2.39. The molecule has 0 aromatic heterocycles. The third kappa shape index (κ3) is 4.78. The summed E-state index contributed by atoms with van der Waals surface area (Å²) in [5.74, 6) is -0.844. The maximum Gasteiger partial charge on any atom is 0.338 e. The number of hydrogen-bond acceptors (Lipinski definition) is 5. The summed E-state index contributed by atoms with van der Waals surface area (Å²) in [7, 11) is -3.85. The second-order valence-electron chi connectivity index (χ2n) is 8.67. The normalized spacial score (nSPS) is 19.7. The Morgan fingerprint density at radius 2 is 1.91 bits per heavy atom. The van der Waals surface area contributed by atoms with Crippen molar-refractivity contribution in [1.29, 1.82) is 0 Å². The number of para-hydroxylation sites is 1. The number of amides is 1. The molecular formula is C24H27ClN2O5S. The molecule has 0 spiro atoms. The van der Waals surface area contributed by atoms with Crippen molar-refractivity contribution < 1.29 is 22.7 Å². The van der Waals surface area contributed by atoms with E-state index >= 15 is 0 Å². The van der Waals surface area contributed by atoms with Gasteiger partial charge < -0.3 is 9.64 Å². The van der Waals surface area contributed by atoms with Crippen LogP contribution in [0.15, 0.2) is 47.4 Å². The Bertz CT molecular complexity index is 1180. The van der Waals surface area contributed by atoms with Gasteiger partial charge in [-0.15, -0.1) is 0 Å². The Kier molecular flexibility index (Phi) is 6.79. The maximum absolute atomic E-state index is 13.2. The number of anilines is 1. The lowest BCUT2D eigenvalue weighted by Gasteiger charge is -2.30. The molecule has 2 aliphatic rings. The first kappa shape index (κ1) is 23.7. The zero-order valence-corrected chi connectivity index (χ0v) is 20.2. The Hall–Kier alpha value is -2.42. The molecule has 0 radical (unpaired) electrons. The average Bonchev–Trinajstić information content (AvgIpc) is 3.22. The second-order valence-corrected chi connectivity index (χ2v) is 11.0. The van der Waals surface area contributed by atoms with Crippen LogP contribution in [0, 0.1) is 5.92 Å². The first-order chi connectivity index (χ1) is 15.7. The van der Waals surface area contributed by atoms with E-state index in [4.69, 9.17) is 16.3 Å². The van der Waals surface area contributed by atoms with Crippen molar-refractivity contribution in [3.8, 4) is 0 Å². The van der Waals surface area contributed by atoms with E-state index in [1.54, 1.807) is 4.90 Å². The van der Waals surface area contributed by atoms with E-state index in [0.29, 0.717) is 19.6 Å². The van der Waals surface area contributed by atoms with E-state index in [1.165, 1.54) is 29.4 Å². The number of piperidine rings is 1. The molecule has 2 aromatic carbocycles. The predicted octanol–water partition coefficient (Wildman–Crippen LogP) is 3.90. The largest absolute Gasteiger partial charge is 0.449 e. The molecular weight excluding hydrogens is 464 g/mol. The summed E-state index contributed by atoms with van der Waals surface area (Å²) in [6.07, 6.45) is 1.47. The molecule has 4 rings (SSSR count). The number of halogens is 1. The number of hydrogen-bond donors (Lipinski definition) is 0. The summed E-state index contributed by atoms with van der Waals surface area (Å²) in [4.78, 5) is 27.2. The SMILES string of the molecule is C[C@@H]1CCCN(S(=O)(=O)c2cc(C(=O)O[C@@H](C)C(=O)N3CCc4ccccc43)ccc2Cl)C1. The van der Waals surface area contributed by atoms with Crippen molar-refractivity contribution in [1.82, 2.24) is 4.31 Å². The van der Waals surface area contributed by atoms with Crippen LogP contribution in [-0.2, 0) is 26.0 Å². The predicted molar refractivity (Wildman–Crippen MR) is 126 cm³/mol. The van der Waals surface area contributed by atoms with Crippen LogP contribution in [0.2, 0.25) is 5.02 Å². The molecule has 1 saturated heterocycles. The standard InChI is InChI=1S/C24H27ClN2O5S/c1-16-6-5-12-26(15-16)33(30,31)22-14-19(9-10-20(22)25)24(29)32-17(2)23(28)27-13-11-18-7-3-4-8-21(18)27/h3-4,7-10,14,16-17H,5-6,11-13,15H2,1-2H3/t16-,17+/m1/s1. The molecule has 9 heteroatoms. The lowest BCUT2D eigenvalue weighted by atomic mass is 10.0. The molecule has 1 amide bonds. The van der Waals surface area contributed by atoms with E-state index < -0.39 is 22.1 Å². The molecule has 33 heavy (non-hydrogen) atoms. The fourth-order valence-electron chi connectivity index (χ4n) is 4.40. The zero-order chi connectivity index (χ0) is 23.8. The average molecular weight is 491 g/mol. The first-order valence-corrected chi connectivity index (χ1v) is 12.9. The van der Waals surface area contributed by atoms with Crippen LogP contribution in [0.25, 0.3) is 0 Å². The number of benzene rings is 2. The van der Waals surface area contributed by atoms with Gasteiger partial charge in [0.05, 0.1) is 10.6 Å². The minimum Gasteiger partial charge on any atom is -0.449 e. The summed E-state index contributed by atoms with van der Waals surface area (Å²) < 4.78 is 33.2. The molecule has 1 fully saturated rings. The van der Waals surface area contributed by atoms with Gasteiger partial charge in [-0.1, -0.05) is 36.7 Å². The molecule has 7 nitrogen and oxygen atoms in total. The molecule has 0 N–H and O–H groups in total. The molecule has 2 aromatic rings. The highest BCUT2D eigenvalue weighted by Crippen LogP contribution is 2.30. The number of fused-ring (bicyclic) bond motifs is 1. The van der Waals surface area contributed by atoms with Gasteiger partial charge in [0.1, 0.15) is 4.90 Å². The number of ether oxygens (including phenoxy) is 1. The molecule has 176 valence electrons. The fourth-order valence-corrected chi connectivity index (χ4v) is 6.50. The molecule has 2 atom stereocenters. The number of sulfonamides is 1. The fraction of sp³-hybridized carbons (Fsp3) is 0.417. The smallest absolute Gasteiger partial charge is 0.338 e. The van der Waals surface area contributed by atoms with Crippen LogP contribution in [0.5, 0.6) is 0 Å². The van der Waals surface area contributed by atoms with Gasteiger partial charge in [0.25, 0.3) is 5.91 Å². The van der Waals surface area contributed by atoms with E-state index in [0.717, 1.165) is 30.5 Å². The highest BCUT2D eigenvalue weighted by atomic mass is 35.5. The van der Waals surface area contributed by atoms with Gasteiger partial charge in [-0.2, -0.15) is 4.31 Å². The summed E-state index contributed by atoms with van der Waals surface area (Å²) >= 11 is 6.21. The zero-order valence-electron chi connectivity index (χ0n) is 18.7. The van der Waals surface area contributed by atoms with Gasteiger partial charge in [0.2, 0.25) is 10.0 Å². The van der Waals surface area contributed by atoms with E-state index in [1.807, 2.05) is 31.2 Å². The van der Waals surface area contributed by atoms with Crippen molar-refractivity contribution in [3.63, 3.8) is 0 Å². The highest BCUT2D eigenvalue weighted by Gasteiger charge is 2.33. The van der Waals surface area contributed by atoms with Gasteiger partial charge in [0.15, 0.2) is 6.10 Å². The Morgan fingerprint density at radius 1 is 1.15 bits per heavy atom. The van der Waals surface area contributed by atoms with Crippen molar-refractivity contribution >= 4 is 39.2 Å². The Morgan fingerprint density at radius 3 is 2.67 bits per heavy atom. The van der Waals surface area contributed by atoms with E-state index in [9.17, 15) is 18.0 Å².